The SMILES string of the molecule is O=C(NN=C(c1ccccc1)C(O)c1ccccc1)c1ccccc1. The average Bonchev–Trinajstić information content (AvgIpc) is 2.70. The molecule has 4 nitrogen and oxygen atoms in total. The minimum absolute atomic E-state index is 0.325. The molecule has 3 aromatic rings. The normalized spacial score (nSPS) is 12.4. The van der Waals surface area contributed by atoms with Gasteiger partial charge in [-0.15, -0.1) is 0 Å². The number of hydrogen-bond acceptors (Lipinski definition) is 3. The summed E-state index contributed by atoms with van der Waals surface area (Å²) in [7, 11) is 0. The maximum Gasteiger partial charge on any atom is 0.271 e. The van der Waals surface area contributed by atoms with Crippen LogP contribution in [0.3, 0.4) is 0 Å². The summed E-state index contributed by atoms with van der Waals surface area (Å²) in [4.78, 5) is 12.2. The van der Waals surface area contributed by atoms with Gasteiger partial charge in [0.2, 0.25) is 0 Å². The molecule has 25 heavy (non-hydrogen) atoms. The number of aliphatic hydroxyl groups excluding tert-OH is 1. The van der Waals surface area contributed by atoms with Gasteiger partial charge in [0.1, 0.15) is 11.8 Å². The van der Waals surface area contributed by atoms with Crippen molar-refractivity contribution in [3.05, 3.63) is 108 Å². The summed E-state index contributed by atoms with van der Waals surface area (Å²) in [5.41, 5.74) is 4.88. The average molecular weight is 330 g/mol. The van der Waals surface area contributed by atoms with E-state index < -0.39 is 6.10 Å². The van der Waals surface area contributed by atoms with E-state index in [4.69, 9.17) is 0 Å². The first-order valence-electron chi connectivity index (χ1n) is 7.97. The number of hydrazone groups is 1. The predicted octanol–water partition coefficient (Wildman–Crippen LogP) is 3.55. The van der Waals surface area contributed by atoms with E-state index in [9.17, 15) is 9.90 Å². The number of amides is 1. The molecule has 0 aromatic heterocycles. The Kier molecular flexibility index (Phi) is 5.34. The molecule has 124 valence electrons. The number of benzene rings is 3. The number of carbonyl (C=O) groups excluding carboxylic acids is 1. The molecule has 1 amide bonds. The van der Waals surface area contributed by atoms with Crippen LogP contribution in [-0.4, -0.2) is 16.7 Å². The van der Waals surface area contributed by atoms with Crippen molar-refractivity contribution >= 4 is 11.6 Å². The zero-order valence-corrected chi connectivity index (χ0v) is 13.5. The van der Waals surface area contributed by atoms with E-state index in [1.807, 2.05) is 66.7 Å². The van der Waals surface area contributed by atoms with Crippen LogP contribution >= 0.6 is 0 Å². The van der Waals surface area contributed by atoms with Crippen molar-refractivity contribution in [2.24, 2.45) is 5.10 Å². The highest BCUT2D eigenvalue weighted by atomic mass is 16.3. The molecule has 2 N–H and O–H groups in total. The largest absolute Gasteiger partial charge is 0.382 e. The maximum atomic E-state index is 12.2. The highest BCUT2D eigenvalue weighted by molar-refractivity contribution is 6.05. The number of carbonyl (C=O) groups is 1. The van der Waals surface area contributed by atoms with Gasteiger partial charge in [0, 0.05) is 11.1 Å². The van der Waals surface area contributed by atoms with Crippen molar-refractivity contribution in [3.63, 3.8) is 0 Å². The second-order valence-electron chi connectivity index (χ2n) is 5.48. The molecule has 1 atom stereocenters. The zero-order chi connectivity index (χ0) is 17.5. The van der Waals surface area contributed by atoms with Gasteiger partial charge in [-0.25, -0.2) is 5.43 Å². The van der Waals surface area contributed by atoms with E-state index in [2.05, 4.69) is 10.5 Å². The molecule has 1 unspecified atom stereocenters. The lowest BCUT2D eigenvalue weighted by atomic mass is 9.99. The molecule has 0 aliphatic rings. The molecule has 3 rings (SSSR count). The first kappa shape index (κ1) is 16.6. The fourth-order valence-electron chi connectivity index (χ4n) is 2.45. The Balaban J connectivity index is 1.90. The Morgan fingerprint density at radius 2 is 1.24 bits per heavy atom. The van der Waals surface area contributed by atoms with Crippen molar-refractivity contribution in [1.82, 2.24) is 5.43 Å². The van der Waals surface area contributed by atoms with E-state index in [1.165, 1.54) is 0 Å². The molecule has 0 saturated carbocycles. The van der Waals surface area contributed by atoms with Gasteiger partial charge in [-0.1, -0.05) is 78.9 Å². The zero-order valence-electron chi connectivity index (χ0n) is 13.5. The molecule has 3 aromatic carbocycles. The number of hydrogen-bond donors (Lipinski definition) is 2. The number of nitrogens with one attached hydrogen (secondary N) is 1. The van der Waals surface area contributed by atoms with Crippen molar-refractivity contribution in [2.75, 3.05) is 0 Å². The van der Waals surface area contributed by atoms with Crippen LogP contribution in [0.25, 0.3) is 0 Å². The Hall–Kier alpha value is -3.24. The van der Waals surface area contributed by atoms with Crippen molar-refractivity contribution in [3.8, 4) is 0 Å². The van der Waals surface area contributed by atoms with Crippen molar-refractivity contribution in [2.45, 2.75) is 6.10 Å². The minimum atomic E-state index is -0.945. The van der Waals surface area contributed by atoms with Gasteiger partial charge in [0.05, 0.1) is 0 Å². The molecule has 0 spiro atoms. The molecule has 0 aliphatic heterocycles. The number of rotatable bonds is 5. The smallest absolute Gasteiger partial charge is 0.271 e. The maximum absolute atomic E-state index is 12.2. The summed E-state index contributed by atoms with van der Waals surface area (Å²) in [6, 6.07) is 27.4. The predicted molar refractivity (Wildman–Crippen MR) is 98.3 cm³/mol. The summed E-state index contributed by atoms with van der Waals surface area (Å²) >= 11 is 0. The summed E-state index contributed by atoms with van der Waals surface area (Å²) in [6.07, 6.45) is -0.945. The van der Waals surface area contributed by atoms with Crippen LogP contribution < -0.4 is 5.43 Å². The fraction of sp³-hybridized carbons (Fsp3) is 0.0476. The van der Waals surface area contributed by atoms with E-state index in [0.29, 0.717) is 16.8 Å². The first-order valence-corrected chi connectivity index (χ1v) is 7.97. The van der Waals surface area contributed by atoms with Crippen LogP contribution in [-0.2, 0) is 0 Å². The second kappa shape index (κ2) is 8.04. The Bertz CT molecular complexity index is 847. The van der Waals surface area contributed by atoms with Gasteiger partial charge in [-0.3, -0.25) is 4.79 Å². The summed E-state index contributed by atoms with van der Waals surface area (Å²) in [6.45, 7) is 0. The summed E-state index contributed by atoms with van der Waals surface area (Å²) < 4.78 is 0. The lowest BCUT2D eigenvalue weighted by Gasteiger charge is -2.15. The van der Waals surface area contributed by atoms with Gasteiger partial charge in [-0.2, -0.15) is 5.10 Å². The molecule has 0 saturated heterocycles. The second-order valence-corrected chi connectivity index (χ2v) is 5.48. The van der Waals surface area contributed by atoms with Crippen LogP contribution in [0.1, 0.15) is 27.6 Å². The van der Waals surface area contributed by atoms with Gasteiger partial charge in [-0.05, 0) is 17.7 Å². The third-order valence-corrected chi connectivity index (χ3v) is 3.76. The van der Waals surface area contributed by atoms with Crippen LogP contribution in [0.4, 0.5) is 0 Å². The lowest BCUT2D eigenvalue weighted by Crippen LogP contribution is -2.23. The number of aliphatic hydroxyl groups is 1. The van der Waals surface area contributed by atoms with Crippen molar-refractivity contribution < 1.29 is 9.90 Å². The molecular formula is C21H18N2O2. The molecule has 0 bridgehead atoms. The molecule has 4 heteroatoms. The third-order valence-electron chi connectivity index (χ3n) is 3.76. The van der Waals surface area contributed by atoms with Crippen molar-refractivity contribution in [1.29, 1.82) is 0 Å². The monoisotopic (exact) mass is 330 g/mol. The summed E-state index contributed by atoms with van der Waals surface area (Å²) in [5, 5.41) is 14.9. The Morgan fingerprint density at radius 1 is 0.760 bits per heavy atom. The van der Waals surface area contributed by atoms with Crippen LogP contribution in [0.2, 0.25) is 0 Å². The first-order chi connectivity index (χ1) is 12.3. The Morgan fingerprint density at radius 3 is 1.80 bits per heavy atom. The van der Waals surface area contributed by atoms with Gasteiger partial charge < -0.3 is 5.11 Å². The third kappa shape index (κ3) is 4.19. The highest BCUT2D eigenvalue weighted by Gasteiger charge is 2.17. The van der Waals surface area contributed by atoms with Crippen LogP contribution in [0.5, 0.6) is 0 Å². The Labute approximate surface area is 146 Å². The molecule has 0 fully saturated rings. The number of nitrogens with zero attached hydrogens (tertiary/aromatic N) is 1. The summed E-state index contributed by atoms with van der Waals surface area (Å²) in [5.74, 6) is -0.325. The van der Waals surface area contributed by atoms with Crippen LogP contribution in [0, 0.1) is 0 Å². The van der Waals surface area contributed by atoms with E-state index >= 15 is 0 Å². The van der Waals surface area contributed by atoms with Gasteiger partial charge in [0.25, 0.3) is 5.91 Å². The van der Waals surface area contributed by atoms with E-state index in [1.54, 1.807) is 24.3 Å². The minimum Gasteiger partial charge on any atom is -0.382 e. The standard InChI is InChI=1S/C21H18N2O2/c24-20(17-12-6-2-7-13-17)19(16-10-4-1-5-11-16)22-23-21(25)18-14-8-3-9-15-18/h1-15,20,24H,(H,23,25). The lowest BCUT2D eigenvalue weighted by molar-refractivity contribution is 0.0954. The fourth-order valence-corrected chi connectivity index (χ4v) is 2.45. The van der Waals surface area contributed by atoms with Crippen LogP contribution in [0.15, 0.2) is 96.1 Å². The van der Waals surface area contributed by atoms with E-state index in [-0.39, 0.29) is 5.91 Å². The topological polar surface area (TPSA) is 61.7 Å². The highest BCUT2D eigenvalue weighted by Crippen LogP contribution is 2.19. The van der Waals surface area contributed by atoms with Gasteiger partial charge in [0.15, 0.2) is 0 Å². The quantitative estimate of drug-likeness (QED) is 0.555. The molecule has 0 radical (unpaired) electrons. The van der Waals surface area contributed by atoms with E-state index in [0.717, 1.165) is 5.56 Å². The molecule has 0 heterocycles. The molecular weight excluding hydrogens is 312 g/mol. The molecule has 0 aliphatic carbocycles. The van der Waals surface area contributed by atoms with Gasteiger partial charge >= 0.3 is 0 Å².